The fourth-order valence-electron chi connectivity index (χ4n) is 2.26. The monoisotopic (exact) mass is 239 g/mol. The molecular weight excluding hydrogens is 222 g/mol. The number of aromatic nitrogens is 2. The topological polar surface area (TPSA) is 43.6 Å². The summed E-state index contributed by atoms with van der Waals surface area (Å²) in [4.78, 5) is 6.50. The first-order valence-electron chi connectivity index (χ1n) is 6.31. The fourth-order valence-corrected chi connectivity index (χ4v) is 2.26. The van der Waals surface area contributed by atoms with Crippen LogP contribution in [-0.2, 0) is 13.0 Å². The molecule has 0 amide bonds. The van der Waals surface area contributed by atoms with Crippen molar-refractivity contribution in [3.8, 4) is 0 Å². The van der Waals surface area contributed by atoms with Crippen LogP contribution >= 0.6 is 0 Å². The van der Waals surface area contributed by atoms with E-state index in [1.807, 2.05) is 12.3 Å². The summed E-state index contributed by atoms with van der Waals surface area (Å²) in [6.07, 6.45) is 5.11. The Labute approximate surface area is 106 Å². The molecule has 0 bridgehead atoms. The average Bonchev–Trinajstić information content (AvgIpc) is 3.04. The molecular formula is C15H17N3. The summed E-state index contributed by atoms with van der Waals surface area (Å²) >= 11 is 0. The highest BCUT2D eigenvalue weighted by Gasteiger charge is 2.02. The van der Waals surface area contributed by atoms with Gasteiger partial charge in [0.25, 0.3) is 0 Å². The van der Waals surface area contributed by atoms with E-state index in [1.54, 1.807) is 0 Å². The van der Waals surface area contributed by atoms with E-state index >= 15 is 0 Å². The van der Waals surface area contributed by atoms with E-state index in [2.05, 4.69) is 51.8 Å². The van der Waals surface area contributed by atoms with E-state index in [9.17, 15) is 0 Å². The van der Waals surface area contributed by atoms with Crippen molar-refractivity contribution >= 4 is 10.9 Å². The van der Waals surface area contributed by atoms with Gasteiger partial charge in [0, 0.05) is 35.5 Å². The quantitative estimate of drug-likeness (QED) is 0.589. The van der Waals surface area contributed by atoms with Crippen molar-refractivity contribution < 1.29 is 0 Å². The van der Waals surface area contributed by atoms with Gasteiger partial charge < -0.3 is 15.3 Å². The number of hydrogen-bond acceptors (Lipinski definition) is 1. The van der Waals surface area contributed by atoms with Gasteiger partial charge in [-0.2, -0.15) is 0 Å². The van der Waals surface area contributed by atoms with Gasteiger partial charge in [0.15, 0.2) is 0 Å². The lowest BCUT2D eigenvalue weighted by molar-refractivity contribution is 0.679. The first-order chi connectivity index (χ1) is 8.93. The maximum Gasteiger partial charge on any atom is 0.0456 e. The summed E-state index contributed by atoms with van der Waals surface area (Å²) in [5, 5.41) is 4.78. The van der Waals surface area contributed by atoms with Crippen molar-refractivity contribution in [1.29, 1.82) is 0 Å². The van der Waals surface area contributed by atoms with Crippen LogP contribution in [0.5, 0.6) is 0 Å². The maximum absolute atomic E-state index is 3.45. The van der Waals surface area contributed by atoms with Gasteiger partial charge in [0.2, 0.25) is 0 Å². The van der Waals surface area contributed by atoms with Crippen molar-refractivity contribution in [1.82, 2.24) is 15.3 Å². The van der Waals surface area contributed by atoms with Crippen LogP contribution in [0.4, 0.5) is 0 Å². The Hall–Kier alpha value is -2.00. The number of rotatable bonds is 5. The second-order valence-corrected chi connectivity index (χ2v) is 4.48. The van der Waals surface area contributed by atoms with Crippen molar-refractivity contribution in [2.75, 3.05) is 6.54 Å². The van der Waals surface area contributed by atoms with E-state index in [1.165, 1.54) is 22.2 Å². The molecule has 0 saturated carbocycles. The second kappa shape index (κ2) is 5.10. The number of benzene rings is 1. The Bertz CT molecular complexity index is 608. The number of fused-ring (bicyclic) bond motifs is 1. The van der Waals surface area contributed by atoms with Crippen molar-refractivity contribution in [2.24, 2.45) is 0 Å². The highest BCUT2D eigenvalue weighted by Crippen LogP contribution is 2.17. The molecule has 0 saturated heterocycles. The molecule has 18 heavy (non-hydrogen) atoms. The average molecular weight is 239 g/mol. The zero-order chi connectivity index (χ0) is 12.2. The van der Waals surface area contributed by atoms with Gasteiger partial charge >= 0.3 is 0 Å². The Morgan fingerprint density at radius 1 is 1.00 bits per heavy atom. The third-order valence-electron chi connectivity index (χ3n) is 3.22. The molecule has 3 N–H and O–H groups in total. The molecule has 0 spiro atoms. The molecule has 0 aliphatic carbocycles. The van der Waals surface area contributed by atoms with Gasteiger partial charge in [0.1, 0.15) is 0 Å². The Balaban J connectivity index is 1.57. The fraction of sp³-hybridized carbons (Fsp3) is 0.200. The molecule has 0 aliphatic heterocycles. The summed E-state index contributed by atoms with van der Waals surface area (Å²) in [5.41, 5.74) is 3.83. The maximum atomic E-state index is 3.45. The highest BCUT2D eigenvalue weighted by molar-refractivity contribution is 5.83. The van der Waals surface area contributed by atoms with Gasteiger partial charge in [-0.3, -0.25) is 0 Å². The van der Waals surface area contributed by atoms with E-state index in [-0.39, 0.29) is 0 Å². The predicted molar refractivity (Wildman–Crippen MR) is 74.5 cm³/mol. The van der Waals surface area contributed by atoms with Gasteiger partial charge in [-0.15, -0.1) is 0 Å². The highest BCUT2D eigenvalue weighted by atomic mass is 14.9. The van der Waals surface area contributed by atoms with Gasteiger partial charge in [-0.25, -0.2) is 0 Å². The molecule has 3 aromatic rings. The van der Waals surface area contributed by atoms with E-state index in [4.69, 9.17) is 0 Å². The van der Waals surface area contributed by atoms with Crippen molar-refractivity contribution in [2.45, 2.75) is 13.0 Å². The Kier molecular flexibility index (Phi) is 3.15. The molecule has 0 atom stereocenters. The minimum absolute atomic E-state index is 0.898. The third kappa shape index (κ3) is 2.31. The molecule has 0 radical (unpaired) electrons. The second-order valence-electron chi connectivity index (χ2n) is 4.48. The van der Waals surface area contributed by atoms with Crippen LogP contribution < -0.4 is 5.32 Å². The molecule has 0 unspecified atom stereocenters. The lowest BCUT2D eigenvalue weighted by Gasteiger charge is -2.02. The van der Waals surface area contributed by atoms with E-state index in [0.717, 1.165) is 19.5 Å². The minimum atomic E-state index is 0.898. The number of para-hydroxylation sites is 1. The first kappa shape index (κ1) is 11.1. The number of hydrogen-bond donors (Lipinski definition) is 3. The predicted octanol–water partition coefficient (Wildman–Crippen LogP) is 2.83. The normalized spacial score (nSPS) is 11.1. The minimum Gasteiger partial charge on any atom is -0.364 e. The molecule has 92 valence electrons. The number of nitrogens with one attached hydrogen (secondary N) is 3. The van der Waals surface area contributed by atoms with E-state index in [0.29, 0.717) is 0 Å². The lowest BCUT2D eigenvalue weighted by atomic mass is 10.1. The summed E-state index contributed by atoms with van der Waals surface area (Å²) in [7, 11) is 0. The summed E-state index contributed by atoms with van der Waals surface area (Å²) < 4.78 is 0. The Morgan fingerprint density at radius 3 is 2.83 bits per heavy atom. The van der Waals surface area contributed by atoms with Crippen LogP contribution in [0, 0.1) is 0 Å². The summed E-state index contributed by atoms with van der Waals surface area (Å²) in [6, 6.07) is 12.6. The standard InChI is InChI=1S/C15H17N3/c1-2-6-15-14(5-1)12(10-18-15)7-9-16-11-13-4-3-8-17-13/h1-6,8,10,16-18H,7,9,11H2. The van der Waals surface area contributed by atoms with Crippen LogP contribution in [0.2, 0.25) is 0 Å². The molecule has 3 nitrogen and oxygen atoms in total. The lowest BCUT2D eigenvalue weighted by Crippen LogP contribution is -2.16. The molecule has 1 aromatic carbocycles. The number of aromatic amines is 2. The van der Waals surface area contributed by atoms with Crippen molar-refractivity contribution in [3.63, 3.8) is 0 Å². The molecule has 2 heterocycles. The van der Waals surface area contributed by atoms with Gasteiger partial charge in [-0.1, -0.05) is 18.2 Å². The van der Waals surface area contributed by atoms with Gasteiger partial charge in [-0.05, 0) is 36.7 Å². The summed E-state index contributed by atoms with van der Waals surface area (Å²) in [5.74, 6) is 0. The van der Waals surface area contributed by atoms with Crippen LogP contribution in [0.1, 0.15) is 11.3 Å². The molecule has 2 aromatic heterocycles. The molecule has 0 fully saturated rings. The van der Waals surface area contributed by atoms with Crippen LogP contribution in [-0.4, -0.2) is 16.5 Å². The van der Waals surface area contributed by atoms with Gasteiger partial charge in [0.05, 0.1) is 0 Å². The Morgan fingerprint density at radius 2 is 1.94 bits per heavy atom. The molecule has 3 rings (SSSR count). The first-order valence-corrected chi connectivity index (χ1v) is 6.31. The zero-order valence-corrected chi connectivity index (χ0v) is 10.2. The SMILES string of the molecule is c1c[nH]c(CNCCc2c[nH]c3ccccc23)c1. The van der Waals surface area contributed by atoms with Crippen LogP contribution in [0.15, 0.2) is 48.8 Å². The molecule has 0 aliphatic rings. The third-order valence-corrected chi connectivity index (χ3v) is 3.22. The van der Waals surface area contributed by atoms with Crippen LogP contribution in [0.25, 0.3) is 10.9 Å². The van der Waals surface area contributed by atoms with E-state index < -0.39 is 0 Å². The zero-order valence-electron chi connectivity index (χ0n) is 10.2. The smallest absolute Gasteiger partial charge is 0.0456 e. The van der Waals surface area contributed by atoms with Crippen LogP contribution in [0.3, 0.4) is 0 Å². The summed E-state index contributed by atoms with van der Waals surface area (Å²) in [6.45, 7) is 1.89. The number of H-pyrrole nitrogens is 2. The van der Waals surface area contributed by atoms with Crippen molar-refractivity contribution in [3.05, 3.63) is 60.0 Å². The largest absolute Gasteiger partial charge is 0.364 e. The molecule has 3 heteroatoms.